The monoisotopic (exact) mass is 392 g/mol. The standard InChI is InChI=1S/C22H28N6O/c23-22(20-6-1-4-18(16-20)19-5-2-8-24-17-19)26-10-7-21(27-22)25-9-3-11-28-12-14-29-15-13-28/h1-2,4-8,10,16-17,25,27H,3,9,11-15,23H2. The lowest BCUT2D eigenvalue weighted by Gasteiger charge is -2.32. The van der Waals surface area contributed by atoms with E-state index in [0.29, 0.717) is 0 Å². The maximum Gasteiger partial charge on any atom is 0.210 e. The van der Waals surface area contributed by atoms with Crippen molar-refractivity contribution < 1.29 is 4.74 Å². The molecule has 0 aliphatic carbocycles. The van der Waals surface area contributed by atoms with E-state index in [9.17, 15) is 0 Å². The summed E-state index contributed by atoms with van der Waals surface area (Å²) in [5, 5.41) is 6.79. The number of hydrogen-bond acceptors (Lipinski definition) is 7. The molecule has 1 unspecified atom stereocenters. The molecule has 2 aliphatic rings. The molecule has 2 aliphatic heterocycles. The van der Waals surface area contributed by atoms with E-state index in [4.69, 9.17) is 10.5 Å². The molecule has 4 N–H and O–H groups in total. The van der Waals surface area contributed by atoms with Crippen LogP contribution in [0.25, 0.3) is 11.1 Å². The molecule has 29 heavy (non-hydrogen) atoms. The van der Waals surface area contributed by atoms with Crippen LogP contribution in [0, 0.1) is 0 Å². The molecule has 3 heterocycles. The van der Waals surface area contributed by atoms with E-state index in [1.165, 1.54) is 0 Å². The molecule has 1 aromatic carbocycles. The van der Waals surface area contributed by atoms with Gasteiger partial charge in [0.15, 0.2) is 0 Å². The maximum absolute atomic E-state index is 6.61. The SMILES string of the molecule is NC1(c2cccc(-c3cccnc3)c2)N=CC=C(NCCCN2CCOCC2)N1. The van der Waals surface area contributed by atoms with Gasteiger partial charge in [0.1, 0.15) is 5.82 Å². The summed E-state index contributed by atoms with van der Waals surface area (Å²) in [6.07, 6.45) is 8.36. The topological polar surface area (TPSA) is 87.8 Å². The highest BCUT2D eigenvalue weighted by Crippen LogP contribution is 2.25. The highest BCUT2D eigenvalue weighted by Gasteiger charge is 2.28. The van der Waals surface area contributed by atoms with Gasteiger partial charge in [-0.25, -0.2) is 4.99 Å². The molecule has 7 heteroatoms. The van der Waals surface area contributed by atoms with Crippen LogP contribution in [0.4, 0.5) is 0 Å². The van der Waals surface area contributed by atoms with Crippen molar-refractivity contribution in [2.24, 2.45) is 10.7 Å². The lowest BCUT2D eigenvalue weighted by Crippen LogP contribution is -2.52. The zero-order valence-corrected chi connectivity index (χ0v) is 16.6. The first-order chi connectivity index (χ1) is 14.2. The molecule has 0 amide bonds. The minimum Gasteiger partial charge on any atom is -0.379 e. The highest BCUT2D eigenvalue weighted by molar-refractivity contribution is 5.74. The zero-order valence-electron chi connectivity index (χ0n) is 16.6. The molecule has 0 radical (unpaired) electrons. The number of allylic oxidation sites excluding steroid dienone is 1. The number of hydrogen-bond donors (Lipinski definition) is 3. The molecule has 2 aromatic rings. The van der Waals surface area contributed by atoms with Gasteiger partial charge in [0, 0.05) is 43.8 Å². The lowest BCUT2D eigenvalue weighted by atomic mass is 10.0. The van der Waals surface area contributed by atoms with Crippen LogP contribution in [0.1, 0.15) is 12.0 Å². The van der Waals surface area contributed by atoms with Crippen molar-refractivity contribution in [3.63, 3.8) is 0 Å². The first-order valence-electron chi connectivity index (χ1n) is 10.1. The number of morpholine rings is 1. The fraction of sp³-hybridized carbons (Fsp3) is 0.364. The Bertz CT molecular complexity index is 863. The Morgan fingerprint density at radius 1 is 1.17 bits per heavy atom. The quantitative estimate of drug-likeness (QED) is 0.621. The van der Waals surface area contributed by atoms with Gasteiger partial charge in [0.2, 0.25) is 5.79 Å². The van der Waals surface area contributed by atoms with Gasteiger partial charge in [0.25, 0.3) is 0 Å². The predicted molar refractivity (Wildman–Crippen MR) is 115 cm³/mol. The van der Waals surface area contributed by atoms with Crippen LogP contribution in [0.2, 0.25) is 0 Å². The molecule has 1 atom stereocenters. The second-order valence-electron chi connectivity index (χ2n) is 7.31. The van der Waals surface area contributed by atoms with Gasteiger partial charge in [-0.2, -0.15) is 0 Å². The van der Waals surface area contributed by atoms with Crippen LogP contribution in [0.5, 0.6) is 0 Å². The first-order valence-corrected chi connectivity index (χ1v) is 10.1. The summed E-state index contributed by atoms with van der Waals surface area (Å²) in [6.45, 7) is 5.66. The van der Waals surface area contributed by atoms with E-state index >= 15 is 0 Å². The summed E-state index contributed by atoms with van der Waals surface area (Å²) < 4.78 is 5.39. The lowest BCUT2D eigenvalue weighted by molar-refractivity contribution is 0.0375. The van der Waals surface area contributed by atoms with Crippen LogP contribution in [-0.2, 0) is 10.5 Å². The number of aliphatic imine (C=N–C) groups is 1. The van der Waals surface area contributed by atoms with Crippen LogP contribution in [0.15, 0.2) is 65.7 Å². The molecular weight excluding hydrogens is 364 g/mol. The van der Waals surface area contributed by atoms with Gasteiger partial charge in [-0.1, -0.05) is 24.3 Å². The number of nitrogens with one attached hydrogen (secondary N) is 2. The Labute approximate surface area is 171 Å². The molecule has 0 saturated carbocycles. The van der Waals surface area contributed by atoms with E-state index in [2.05, 4.69) is 37.6 Å². The summed E-state index contributed by atoms with van der Waals surface area (Å²) >= 11 is 0. The van der Waals surface area contributed by atoms with E-state index in [1.54, 1.807) is 12.4 Å². The predicted octanol–water partition coefficient (Wildman–Crippen LogP) is 1.64. The Hall–Kier alpha value is -2.74. The van der Waals surface area contributed by atoms with Gasteiger partial charge < -0.3 is 15.4 Å². The number of pyridine rings is 1. The third kappa shape index (κ3) is 5.00. The largest absolute Gasteiger partial charge is 0.379 e. The molecule has 0 spiro atoms. The third-order valence-corrected chi connectivity index (χ3v) is 5.21. The van der Waals surface area contributed by atoms with E-state index in [1.807, 2.05) is 36.5 Å². The van der Waals surface area contributed by atoms with Gasteiger partial charge in [-0.15, -0.1) is 0 Å². The van der Waals surface area contributed by atoms with Crippen molar-refractivity contribution in [1.82, 2.24) is 20.5 Å². The molecule has 1 aromatic heterocycles. The number of rotatable bonds is 7. The molecule has 7 nitrogen and oxygen atoms in total. The van der Waals surface area contributed by atoms with Crippen LogP contribution in [-0.4, -0.2) is 55.5 Å². The van der Waals surface area contributed by atoms with E-state index in [0.717, 1.165) is 68.3 Å². The molecule has 152 valence electrons. The van der Waals surface area contributed by atoms with Gasteiger partial charge >= 0.3 is 0 Å². The smallest absolute Gasteiger partial charge is 0.210 e. The highest BCUT2D eigenvalue weighted by atomic mass is 16.5. The van der Waals surface area contributed by atoms with E-state index in [-0.39, 0.29) is 0 Å². The van der Waals surface area contributed by atoms with E-state index < -0.39 is 5.79 Å². The Balaban J connectivity index is 1.35. The van der Waals surface area contributed by atoms with Gasteiger partial charge in [0.05, 0.1) is 13.2 Å². The van der Waals surface area contributed by atoms with Crippen molar-refractivity contribution in [2.45, 2.75) is 12.2 Å². The normalized spacial score (nSPS) is 22.0. The third-order valence-electron chi connectivity index (χ3n) is 5.21. The van der Waals surface area contributed by atoms with Crippen molar-refractivity contribution in [1.29, 1.82) is 0 Å². The van der Waals surface area contributed by atoms with Crippen LogP contribution in [0.3, 0.4) is 0 Å². The zero-order chi connectivity index (χ0) is 19.9. The Morgan fingerprint density at radius 3 is 2.86 bits per heavy atom. The fourth-order valence-electron chi connectivity index (χ4n) is 3.58. The second kappa shape index (κ2) is 9.17. The van der Waals surface area contributed by atoms with Crippen molar-refractivity contribution in [3.05, 3.63) is 66.3 Å². The van der Waals surface area contributed by atoms with Gasteiger partial charge in [-0.05, 0) is 42.3 Å². The molecule has 4 rings (SSSR count). The maximum atomic E-state index is 6.61. The molecule has 0 bridgehead atoms. The van der Waals surface area contributed by atoms with Crippen LogP contribution >= 0.6 is 0 Å². The minimum atomic E-state index is -1.00. The summed E-state index contributed by atoms with van der Waals surface area (Å²) in [5.74, 6) is -0.115. The van der Waals surface area contributed by atoms with Crippen molar-refractivity contribution in [2.75, 3.05) is 39.4 Å². The summed E-state index contributed by atoms with van der Waals surface area (Å²) in [6, 6.07) is 12.1. The summed E-state index contributed by atoms with van der Waals surface area (Å²) in [7, 11) is 0. The number of aromatic nitrogens is 1. The van der Waals surface area contributed by atoms with Crippen LogP contribution < -0.4 is 16.4 Å². The number of ether oxygens (including phenoxy) is 1. The molecule has 1 fully saturated rings. The van der Waals surface area contributed by atoms with Gasteiger partial charge in [-0.3, -0.25) is 15.6 Å². The fourth-order valence-corrected chi connectivity index (χ4v) is 3.58. The summed E-state index contributed by atoms with van der Waals surface area (Å²) in [5.41, 5.74) is 9.62. The second-order valence-corrected chi connectivity index (χ2v) is 7.31. The average molecular weight is 393 g/mol. The number of nitrogens with two attached hydrogens (primary N) is 1. The molecule has 1 saturated heterocycles. The minimum absolute atomic E-state index is 0.838. The number of benzene rings is 1. The Kier molecular flexibility index (Phi) is 6.19. The summed E-state index contributed by atoms with van der Waals surface area (Å²) in [4.78, 5) is 11.1. The van der Waals surface area contributed by atoms with Crippen molar-refractivity contribution >= 4 is 6.21 Å². The van der Waals surface area contributed by atoms with Crippen molar-refractivity contribution in [3.8, 4) is 11.1 Å². The Morgan fingerprint density at radius 2 is 2.03 bits per heavy atom. The average Bonchev–Trinajstić information content (AvgIpc) is 2.78. The first kappa shape index (κ1) is 19.6. The number of nitrogens with zero attached hydrogens (tertiary/aromatic N) is 3. The molecular formula is C22H28N6O.